The predicted octanol–water partition coefficient (Wildman–Crippen LogP) is 4.75. The molecule has 1 N–H and O–H groups in total. The summed E-state index contributed by atoms with van der Waals surface area (Å²) in [5.41, 5.74) is 6.08. The van der Waals surface area contributed by atoms with Gasteiger partial charge in [-0.3, -0.25) is 0 Å². The first-order valence-electron chi connectivity index (χ1n) is 7.14. The molecule has 0 unspecified atom stereocenters. The molecule has 2 aromatic rings. The fourth-order valence-corrected chi connectivity index (χ4v) is 2.59. The van der Waals surface area contributed by atoms with Gasteiger partial charge in [-0.15, -0.1) is 0 Å². The van der Waals surface area contributed by atoms with Gasteiger partial charge in [0.1, 0.15) is 5.75 Å². The van der Waals surface area contributed by atoms with Gasteiger partial charge in [0.25, 0.3) is 0 Å². The van der Waals surface area contributed by atoms with E-state index in [0.29, 0.717) is 5.75 Å². The summed E-state index contributed by atoms with van der Waals surface area (Å²) in [5.74, 6) is 0.382. The maximum Gasteiger partial charge on any atom is 0.123 e. The normalized spacial score (nSPS) is 10.7. The molecule has 1 heteroatoms. The summed E-state index contributed by atoms with van der Waals surface area (Å²) < 4.78 is 0. The summed E-state index contributed by atoms with van der Waals surface area (Å²) in [4.78, 5) is 0. The van der Waals surface area contributed by atoms with E-state index in [4.69, 9.17) is 0 Å². The van der Waals surface area contributed by atoms with Crippen LogP contribution in [0.15, 0.2) is 36.4 Å². The number of aromatic hydroxyl groups is 1. The second kappa shape index (κ2) is 5.92. The smallest absolute Gasteiger partial charge is 0.123 e. The zero-order valence-corrected chi connectivity index (χ0v) is 12.0. The molecular formula is C18H22O. The topological polar surface area (TPSA) is 20.2 Å². The lowest BCUT2D eigenvalue weighted by molar-refractivity contribution is 0.477. The quantitative estimate of drug-likeness (QED) is 0.835. The molecule has 2 aromatic carbocycles. The van der Waals surface area contributed by atoms with Crippen LogP contribution in [0.4, 0.5) is 0 Å². The summed E-state index contributed by atoms with van der Waals surface area (Å²) in [6.07, 6.45) is 2.96. The number of phenols is 1. The minimum atomic E-state index is 0.382. The molecule has 0 saturated heterocycles. The van der Waals surface area contributed by atoms with Gasteiger partial charge in [0.05, 0.1) is 0 Å². The molecule has 0 radical (unpaired) electrons. The Morgan fingerprint density at radius 2 is 1.47 bits per heavy atom. The van der Waals surface area contributed by atoms with Crippen molar-refractivity contribution in [3.8, 4) is 16.9 Å². The van der Waals surface area contributed by atoms with Crippen molar-refractivity contribution in [3.05, 3.63) is 53.1 Å². The highest BCUT2D eigenvalue weighted by Crippen LogP contribution is 2.35. The van der Waals surface area contributed by atoms with Gasteiger partial charge in [0.2, 0.25) is 0 Å². The zero-order chi connectivity index (χ0) is 13.8. The monoisotopic (exact) mass is 254 g/mol. The van der Waals surface area contributed by atoms with Crippen molar-refractivity contribution in [2.75, 3.05) is 0 Å². The van der Waals surface area contributed by atoms with Gasteiger partial charge >= 0.3 is 0 Å². The molecule has 0 bridgehead atoms. The summed E-state index contributed by atoms with van der Waals surface area (Å²) in [6.45, 7) is 6.47. The van der Waals surface area contributed by atoms with E-state index in [-0.39, 0.29) is 0 Å². The highest BCUT2D eigenvalue weighted by atomic mass is 16.3. The Morgan fingerprint density at radius 1 is 0.842 bits per heavy atom. The molecule has 0 aromatic heterocycles. The van der Waals surface area contributed by atoms with E-state index in [2.05, 4.69) is 45.0 Å². The predicted molar refractivity (Wildman–Crippen MR) is 81.7 cm³/mol. The molecule has 0 atom stereocenters. The minimum Gasteiger partial charge on any atom is -0.507 e. The van der Waals surface area contributed by atoms with E-state index in [1.165, 1.54) is 22.3 Å². The summed E-state index contributed by atoms with van der Waals surface area (Å²) in [6, 6.07) is 12.4. The second-order valence-corrected chi connectivity index (χ2v) is 4.86. The van der Waals surface area contributed by atoms with Crippen molar-refractivity contribution in [1.82, 2.24) is 0 Å². The number of rotatable bonds is 4. The third kappa shape index (κ3) is 2.65. The first kappa shape index (κ1) is 13.7. The van der Waals surface area contributed by atoms with Crippen LogP contribution in [0.2, 0.25) is 0 Å². The Balaban J connectivity index is 2.69. The van der Waals surface area contributed by atoms with Crippen molar-refractivity contribution < 1.29 is 5.11 Å². The molecule has 0 fully saturated rings. The van der Waals surface area contributed by atoms with E-state index < -0.39 is 0 Å². The fourth-order valence-electron chi connectivity index (χ4n) is 2.59. The molecular weight excluding hydrogens is 232 g/mol. The van der Waals surface area contributed by atoms with E-state index in [0.717, 1.165) is 24.8 Å². The number of phenolic OH excluding ortho intramolecular Hbond substituents is 1. The fraction of sp³-hybridized carbons (Fsp3) is 0.333. The molecule has 0 spiro atoms. The lowest BCUT2D eigenvalue weighted by Crippen LogP contribution is -1.95. The maximum atomic E-state index is 10.2. The molecule has 0 saturated carbocycles. The Hall–Kier alpha value is -1.76. The standard InChI is InChI=1S/C18H22O/c1-4-13-10-11-17(19)16(12-13)18-14(5-2)8-7-9-15(18)6-3/h7-12,19H,4-6H2,1-3H3. The van der Waals surface area contributed by atoms with E-state index in [1.54, 1.807) is 0 Å². The largest absolute Gasteiger partial charge is 0.507 e. The Morgan fingerprint density at radius 3 is 2.00 bits per heavy atom. The van der Waals surface area contributed by atoms with Crippen molar-refractivity contribution in [2.45, 2.75) is 40.0 Å². The van der Waals surface area contributed by atoms with Gasteiger partial charge in [0, 0.05) is 5.56 Å². The first-order chi connectivity index (χ1) is 9.21. The van der Waals surface area contributed by atoms with Crippen LogP contribution in [0.1, 0.15) is 37.5 Å². The SMILES string of the molecule is CCc1ccc(O)c(-c2c(CC)cccc2CC)c1. The average molecular weight is 254 g/mol. The molecule has 0 aliphatic carbocycles. The minimum absolute atomic E-state index is 0.382. The van der Waals surface area contributed by atoms with Crippen LogP contribution in [-0.4, -0.2) is 5.11 Å². The molecule has 0 amide bonds. The zero-order valence-electron chi connectivity index (χ0n) is 12.0. The van der Waals surface area contributed by atoms with E-state index >= 15 is 0 Å². The summed E-state index contributed by atoms with van der Waals surface area (Å²) >= 11 is 0. The average Bonchev–Trinajstić information content (AvgIpc) is 2.47. The third-order valence-corrected chi connectivity index (χ3v) is 3.74. The molecule has 2 rings (SSSR count). The molecule has 1 nitrogen and oxygen atoms in total. The van der Waals surface area contributed by atoms with Crippen LogP contribution in [0, 0.1) is 0 Å². The summed E-state index contributed by atoms with van der Waals surface area (Å²) in [5, 5.41) is 10.2. The molecule has 19 heavy (non-hydrogen) atoms. The highest BCUT2D eigenvalue weighted by molar-refractivity contribution is 5.76. The van der Waals surface area contributed by atoms with E-state index in [1.807, 2.05) is 12.1 Å². The molecule has 0 heterocycles. The highest BCUT2D eigenvalue weighted by Gasteiger charge is 2.12. The first-order valence-corrected chi connectivity index (χ1v) is 7.14. The van der Waals surface area contributed by atoms with Gasteiger partial charge in [-0.05, 0) is 53.6 Å². The van der Waals surface area contributed by atoms with Gasteiger partial charge in [-0.1, -0.05) is 45.0 Å². The Kier molecular flexibility index (Phi) is 4.26. The molecule has 0 aliphatic rings. The number of hydrogen-bond acceptors (Lipinski definition) is 1. The van der Waals surface area contributed by atoms with Crippen LogP contribution >= 0.6 is 0 Å². The van der Waals surface area contributed by atoms with Crippen LogP contribution in [0.3, 0.4) is 0 Å². The molecule has 0 aliphatic heterocycles. The third-order valence-electron chi connectivity index (χ3n) is 3.74. The van der Waals surface area contributed by atoms with Crippen molar-refractivity contribution >= 4 is 0 Å². The maximum absolute atomic E-state index is 10.2. The lowest BCUT2D eigenvalue weighted by Gasteiger charge is -2.15. The lowest BCUT2D eigenvalue weighted by atomic mass is 9.90. The molecule has 100 valence electrons. The van der Waals surface area contributed by atoms with Gasteiger partial charge < -0.3 is 5.11 Å². The number of hydrogen-bond donors (Lipinski definition) is 1. The van der Waals surface area contributed by atoms with Gasteiger partial charge in [0.15, 0.2) is 0 Å². The van der Waals surface area contributed by atoms with Crippen LogP contribution in [0.5, 0.6) is 5.75 Å². The summed E-state index contributed by atoms with van der Waals surface area (Å²) in [7, 11) is 0. The second-order valence-electron chi connectivity index (χ2n) is 4.86. The van der Waals surface area contributed by atoms with E-state index in [9.17, 15) is 5.11 Å². The Bertz CT molecular complexity index is 548. The van der Waals surface area contributed by atoms with Crippen LogP contribution in [-0.2, 0) is 19.3 Å². The van der Waals surface area contributed by atoms with Crippen molar-refractivity contribution in [2.24, 2.45) is 0 Å². The van der Waals surface area contributed by atoms with Gasteiger partial charge in [-0.2, -0.15) is 0 Å². The number of benzene rings is 2. The van der Waals surface area contributed by atoms with Crippen LogP contribution in [0.25, 0.3) is 11.1 Å². The van der Waals surface area contributed by atoms with Gasteiger partial charge in [-0.25, -0.2) is 0 Å². The van der Waals surface area contributed by atoms with Crippen molar-refractivity contribution in [1.29, 1.82) is 0 Å². The Labute approximate surface area is 115 Å². The van der Waals surface area contributed by atoms with Crippen LogP contribution < -0.4 is 0 Å². The number of aryl methyl sites for hydroxylation is 3. The van der Waals surface area contributed by atoms with Crippen molar-refractivity contribution in [3.63, 3.8) is 0 Å².